The van der Waals surface area contributed by atoms with Gasteiger partial charge >= 0.3 is 5.91 Å². The zero-order valence-corrected chi connectivity index (χ0v) is 17.8. The number of aromatic hydroxyl groups is 1. The van der Waals surface area contributed by atoms with Crippen LogP contribution in [0.5, 0.6) is 11.5 Å². The van der Waals surface area contributed by atoms with Crippen LogP contribution in [0.1, 0.15) is 33.3 Å². The van der Waals surface area contributed by atoms with Gasteiger partial charge in [0.2, 0.25) is 0 Å². The first-order valence-electron chi connectivity index (χ1n) is 10.1. The van der Waals surface area contributed by atoms with Gasteiger partial charge in [-0.05, 0) is 80.1 Å². The summed E-state index contributed by atoms with van der Waals surface area (Å²) >= 11 is 0. The number of nitrogens with zero attached hydrogens (tertiary/aromatic N) is 2. The Bertz CT molecular complexity index is 1230. The van der Waals surface area contributed by atoms with Crippen molar-refractivity contribution >= 4 is 12.1 Å². The predicted molar refractivity (Wildman–Crippen MR) is 121 cm³/mol. The first kappa shape index (κ1) is 21.0. The van der Waals surface area contributed by atoms with Crippen LogP contribution in [0.3, 0.4) is 0 Å². The number of amides is 1. The van der Waals surface area contributed by atoms with Crippen LogP contribution < -0.4 is 10.2 Å². The van der Waals surface area contributed by atoms with Crippen LogP contribution in [-0.4, -0.2) is 21.8 Å². The van der Waals surface area contributed by atoms with E-state index in [-0.39, 0.29) is 18.1 Å². The molecular weight excluding hydrogens is 406 g/mol. The minimum Gasteiger partial charge on any atom is -0.508 e. The smallest absolute Gasteiger partial charge is 0.307 e. The number of phenols is 1. The van der Waals surface area contributed by atoms with Crippen LogP contribution in [0.25, 0.3) is 5.69 Å². The van der Waals surface area contributed by atoms with E-state index in [9.17, 15) is 9.90 Å². The van der Waals surface area contributed by atoms with E-state index >= 15 is 0 Å². The number of carbonyl (C=O) groups excluding carboxylic acids is 1. The van der Waals surface area contributed by atoms with Crippen LogP contribution >= 0.6 is 0 Å². The van der Waals surface area contributed by atoms with E-state index in [0.717, 1.165) is 5.69 Å². The first-order chi connectivity index (χ1) is 15.5. The van der Waals surface area contributed by atoms with Gasteiger partial charge in [0.25, 0.3) is 0 Å². The molecule has 2 aromatic carbocycles. The fraction of sp³-hybridized carbons (Fsp3) is 0.120. The van der Waals surface area contributed by atoms with Crippen molar-refractivity contribution in [2.75, 3.05) is 0 Å². The van der Waals surface area contributed by atoms with Crippen molar-refractivity contribution in [1.82, 2.24) is 9.99 Å². The molecule has 0 aliphatic heterocycles. The van der Waals surface area contributed by atoms with Crippen molar-refractivity contribution in [3.8, 4) is 17.2 Å². The third-order valence-corrected chi connectivity index (χ3v) is 4.88. The minimum atomic E-state index is -0.477. The van der Waals surface area contributed by atoms with E-state index < -0.39 is 5.91 Å². The van der Waals surface area contributed by atoms with Crippen molar-refractivity contribution in [1.29, 1.82) is 0 Å². The third-order valence-electron chi connectivity index (χ3n) is 4.88. The maximum absolute atomic E-state index is 12.2. The maximum atomic E-state index is 12.2. The van der Waals surface area contributed by atoms with E-state index in [1.807, 2.05) is 24.3 Å². The van der Waals surface area contributed by atoms with E-state index in [1.165, 1.54) is 23.7 Å². The zero-order valence-electron chi connectivity index (χ0n) is 17.8. The van der Waals surface area contributed by atoms with E-state index in [0.29, 0.717) is 17.1 Å². The number of nitrogens with one attached hydrogen (secondary N) is 1. The Labute approximate surface area is 185 Å². The molecule has 0 aliphatic rings. The van der Waals surface area contributed by atoms with Gasteiger partial charge in [0.15, 0.2) is 5.76 Å². The molecule has 4 aromatic rings. The van der Waals surface area contributed by atoms with Gasteiger partial charge < -0.3 is 18.8 Å². The van der Waals surface area contributed by atoms with Gasteiger partial charge in [0, 0.05) is 17.1 Å². The quantitative estimate of drug-likeness (QED) is 0.328. The largest absolute Gasteiger partial charge is 0.508 e. The second kappa shape index (κ2) is 9.26. The Morgan fingerprint density at radius 2 is 1.81 bits per heavy atom. The summed E-state index contributed by atoms with van der Waals surface area (Å²) < 4.78 is 13.5. The molecule has 0 spiro atoms. The average Bonchev–Trinajstić information content (AvgIpc) is 3.39. The highest BCUT2D eigenvalue weighted by atomic mass is 16.5. The Morgan fingerprint density at radius 3 is 2.53 bits per heavy atom. The van der Waals surface area contributed by atoms with Crippen LogP contribution in [0, 0.1) is 13.8 Å². The topological polar surface area (TPSA) is 89.0 Å². The number of aromatic nitrogens is 1. The molecule has 2 N–H and O–H groups in total. The average molecular weight is 429 g/mol. The van der Waals surface area contributed by atoms with Gasteiger partial charge in [0.1, 0.15) is 23.9 Å². The maximum Gasteiger partial charge on any atom is 0.307 e. The van der Waals surface area contributed by atoms with Crippen LogP contribution in [-0.2, 0) is 6.61 Å². The Hall–Kier alpha value is -4.26. The second-order valence-corrected chi connectivity index (χ2v) is 7.29. The van der Waals surface area contributed by atoms with Crippen molar-refractivity contribution in [2.24, 2.45) is 5.10 Å². The number of ether oxygens (including phenoxy) is 1. The lowest BCUT2D eigenvalue weighted by Gasteiger charge is -2.10. The van der Waals surface area contributed by atoms with Crippen molar-refractivity contribution < 1.29 is 19.1 Å². The molecule has 2 heterocycles. The molecule has 0 fully saturated rings. The third kappa shape index (κ3) is 4.89. The summed E-state index contributed by atoms with van der Waals surface area (Å²) in [4.78, 5) is 12.2. The lowest BCUT2D eigenvalue weighted by Crippen LogP contribution is -2.16. The summed E-state index contributed by atoms with van der Waals surface area (Å²) in [7, 11) is 0. The molecule has 0 saturated heterocycles. The number of rotatable bonds is 7. The number of furan rings is 1. The van der Waals surface area contributed by atoms with Gasteiger partial charge in [-0.25, -0.2) is 5.43 Å². The second-order valence-electron chi connectivity index (χ2n) is 7.29. The van der Waals surface area contributed by atoms with Crippen molar-refractivity contribution in [2.45, 2.75) is 20.5 Å². The molecule has 0 atom stereocenters. The zero-order chi connectivity index (χ0) is 22.5. The normalized spacial score (nSPS) is 11.1. The molecule has 2 aromatic heterocycles. The van der Waals surface area contributed by atoms with Gasteiger partial charge in [-0.2, -0.15) is 5.10 Å². The van der Waals surface area contributed by atoms with Crippen LogP contribution in [0.15, 0.2) is 82.3 Å². The van der Waals surface area contributed by atoms with Gasteiger partial charge in [0.05, 0.1) is 6.21 Å². The first-order valence-corrected chi connectivity index (χ1v) is 10.1. The highest BCUT2D eigenvalue weighted by Gasteiger charge is 2.11. The van der Waals surface area contributed by atoms with Crippen LogP contribution in [0.2, 0.25) is 0 Å². The van der Waals surface area contributed by atoms with Gasteiger partial charge in [-0.1, -0.05) is 12.1 Å². The number of hydrogen-bond acceptors (Lipinski definition) is 5. The molecule has 1 amide bonds. The Kier molecular flexibility index (Phi) is 6.07. The summed E-state index contributed by atoms with van der Waals surface area (Å²) in [6.45, 7) is 4.33. The lowest BCUT2D eigenvalue weighted by molar-refractivity contribution is 0.0923. The molecule has 0 radical (unpaired) electrons. The molecule has 32 heavy (non-hydrogen) atoms. The highest BCUT2D eigenvalue weighted by Crippen LogP contribution is 2.21. The summed E-state index contributed by atoms with van der Waals surface area (Å²) in [5.74, 6) is 1.00. The van der Waals surface area contributed by atoms with Gasteiger partial charge in [-0.15, -0.1) is 0 Å². The molecule has 0 bridgehead atoms. The number of hydrazone groups is 1. The number of benzene rings is 2. The molecular formula is C25H23N3O4. The molecule has 0 aliphatic carbocycles. The Balaban J connectivity index is 1.32. The monoisotopic (exact) mass is 429 g/mol. The molecule has 7 nitrogen and oxygen atoms in total. The van der Waals surface area contributed by atoms with Crippen LogP contribution in [0.4, 0.5) is 0 Å². The molecule has 0 saturated carbocycles. The number of hydrogen-bond donors (Lipinski definition) is 2. The van der Waals surface area contributed by atoms with Gasteiger partial charge in [-0.3, -0.25) is 4.79 Å². The fourth-order valence-corrected chi connectivity index (χ4v) is 3.32. The summed E-state index contributed by atoms with van der Waals surface area (Å²) in [6, 6.07) is 21.8. The summed E-state index contributed by atoms with van der Waals surface area (Å²) in [5, 5.41) is 13.3. The molecule has 0 unspecified atom stereocenters. The lowest BCUT2D eigenvalue weighted by atomic mass is 10.2. The minimum absolute atomic E-state index is 0.126. The highest BCUT2D eigenvalue weighted by molar-refractivity contribution is 5.92. The Morgan fingerprint density at radius 1 is 1.06 bits per heavy atom. The number of aryl methyl sites for hydroxylation is 2. The van der Waals surface area contributed by atoms with E-state index in [4.69, 9.17) is 9.15 Å². The SMILES string of the molecule is Cc1ccc(C)n1-c1ccc(OCc2ccc(C(=O)NN=Cc3cccc(O)c3)o2)cc1. The predicted octanol–water partition coefficient (Wildman–Crippen LogP) is 4.74. The van der Waals surface area contributed by atoms with E-state index in [2.05, 4.69) is 41.1 Å². The molecule has 7 heteroatoms. The standard InChI is InChI=1S/C25H23N3O4/c1-17-6-7-18(2)28(17)20-8-10-22(11-9-20)31-16-23-12-13-24(32-23)25(30)27-26-15-19-4-3-5-21(29)14-19/h3-15,29H,16H2,1-2H3,(H,27,30). The summed E-state index contributed by atoms with van der Waals surface area (Å²) in [5.41, 5.74) is 6.46. The molecule has 4 rings (SSSR count). The van der Waals surface area contributed by atoms with E-state index in [1.54, 1.807) is 30.3 Å². The molecule has 162 valence electrons. The summed E-state index contributed by atoms with van der Waals surface area (Å²) in [6.07, 6.45) is 1.44. The number of phenolic OH excluding ortho intramolecular Hbond substituents is 1. The fourth-order valence-electron chi connectivity index (χ4n) is 3.32. The van der Waals surface area contributed by atoms with Crippen molar-refractivity contribution in [3.63, 3.8) is 0 Å². The van der Waals surface area contributed by atoms with Crippen molar-refractivity contribution in [3.05, 3.63) is 101 Å². The number of carbonyl (C=O) groups is 1.